The van der Waals surface area contributed by atoms with Crippen LogP contribution in [0, 0.1) is 11.8 Å². The van der Waals surface area contributed by atoms with Gasteiger partial charge in [-0.15, -0.1) is 0 Å². The predicted molar refractivity (Wildman–Crippen MR) is 120 cm³/mol. The summed E-state index contributed by atoms with van der Waals surface area (Å²) in [4.78, 5) is 25.0. The minimum atomic E-state index is -0.484. The molecule has 1 N–H and O–H groups in total. The summed E-state index contributed by atoms with van der Waals surface area (Å²) in [6.45, 7) is 6.03. The Labute approximate surface area is 189 Å². The number of hydrogen-bond donors (Lipinski definition) is 1. The average Bonchev–Trinajstić information content (AvgIpc) is 2.64. The van der Waals surface area contributed by atoms with Crippen molar-refractivity contribution in [3.05, 3.63) is 27.7 Å². The summed E-state index contributed by atoms with van der Waals surface area (Å²) < 4.78 is 12.1. The smallest absolute Gasteiger partial charge is 0.407 e. The van der Waals surface area contributed by atoms with Crippen molar-refractivity contribution >= 4 is 43.7 Å². The van der Waals surface area contributed by atoms with Gasteiger partial charge in [-0.3, -0.25) is 4.79 Å². The number of amides is 1. The highest BCUT2D eigenvalue weighted by atomic mass is 79.9. The number of hydrogen-bond acceptors (Lipinski definition) is 4. The first kappa shape index (κ1) is 22.6. The standard InChI is InChI=1S/C22H29Br2NO4/c1-22(2,3)29-21(27)25-16-6-4-13(5-7-16)8-15-12-28-20-17(19(15)26)9-14(11-23)10-18(20)24/h9-10,13,15-16H,4-8,11-12H2,1-3H3,(H,25,27)/t13?,15-,16?/m0/s1. The van der Waals surface area contributed by atoms with Crippen LogP contribution in [-0.4, -0.2) is 30.1 Å². The Morgan fingerprint density at radius 2 is 1.93 bits per heavy atom. The topological polar surface area (TPSA) is 64.6 Å². The van der Waals surface area contributed by atoms with Crippen molar-refractivity contribution in [2.45, 2.75) is 69.8 Å². The van der Waals surface area contributed by atoms with Crippen LogP contribution in [0.4, 0.5) is 4.79 Å². The largest absolute Gasteiger partial charge is 0.491 e. The van der Waals surface area contributed by atoms with Crippen molar-refractivity contribution in [1.82, 2.24) is 5.32 Å². The van der Waals surface area contributed by atoms with Crippen molar-refractivity contribution in [3.63, 3.8) is 0 Å². The minimum absolute atomic E-state index is 0.0969. The summed E-state index contributed by atoms with van der Waals surface area (Å²) >= 11 is 6.98. The monoisotopic (exact) mass is 529 g/mol. The molecule has 5 nitrogen and oxygen atoms in total. The van der Waals surface area contributed by atoms with Crippen molar-refractivity contribution in [1.29, 1.82) is 0 Å². The normalized spacial score (nSPS) is 24.4. The van der Waals surface area contributed by atoms with Crippen molar-refractivity contribution in [2.75, 3.05) is 6.61 Å². The number of alkyl carbamates (subject to hydrolysis) is 1. The third-order valence-corrected chi connectivity index (χ3v) is 6.74. The van der Waals surface area contributed by atoms with E-state index >= 15 is 0 Å². The lowest BCUT2D eigenvalue weighted by atomic mass is 9.78. The Hall–Kier alpha value is -1.08. The highest BCUT2D eigenvalue weighted by Gasteiger charge is 2.34. The number of ether oxygens (including phenoxy) is 2. The molecule has 1 fully saturated rings. The molecule has 0 saturated heterocycles. The van der Waals surface area contributed by atoms with Gasteiger partial charge in [0.15, 0.2) is 5.78 Å². The lowest BCUT2D eigenvalue weighted by Crippen LogP contribution is -2.41. The van der Waals surface area contributed by atoms with Gasteiger partial charge in [-0.2, -0.15) is 0 Å². The fraction of sp³-hybridized carbons (Fsp3) is 0.636. The van der Waals surface area contributed by atoms with Crippen LogP contribution >= 0.6 is 31.9 Å². The van der Waals surface area contributed by atoms with E-state index in [1.54, 1.807) is 0 Å². The van der Waals surface area contributed by atoms with Gasteiger partial charge >= 0.3 is 6.09 Å². The molecule has 1 aromatic carbocycles. The lowest BCUT2D eigenvalue weighted by Gasteiger charge is -2.33. The van der Waals surface area contributed by atoms with Gasteiger partial charge in [-0.05, 0) is 92.4 Å². The van der Waals surface area contributed by atoms with E-state index in [1.165, 1.54) is 0 Å². The van der Waals surface area contributed by atoms with Crippen LogP contribution in [0.25, 0.3) is 0 Å². The molecule has 3 rings (SSSR count). The first-order chi connectivity index (χ1) is 13.7. The zero-order valence-electron chi connectivity index (χ0n) is 17.2. The number of ketones is 1. The fourth-order valence-corrected chi connectivity index (χ4v) is 5.08. The Bertz CT molecular complexity index is 767. The van der Waals surface area contributed by atoms with Gasteiger partial charge in [0.2, 0.25) is 0 Å². The van der Waals surface area contributed by atoms with Crippen molar-refractivity contribution < 1.29 is 19.1 Å². The van der Waals surface area contributed by atoms with Crippen LogP contribution in [-0.2, 0) is 10.1 Å². The highest BCUT2D eigenvalue weighted by Crippen LogP contribution is 2.39. The number of carbonyl (C=O) groups excluding carboxylic acids is 2. The van der Waals surface area contributed by atoms with Gasteiger partial charge in [0, 0.05) is 11.4 Å². The second kappa shape index (κ2) is 9.38. The van der Waals surface area contributed by atoms with Crippen molar-refractivity contribution in [3.8, 4) is 5.75 Å². The van der Waals surface area contributed by atoms with Crippen LogP contribution in [0.15, 0.2) is 16.6 Å². The second-order valence-electron chi connectivity index (χ2n) is 9.06. The Morgan fingerprint density at radius 3 is 2.55 bits per heavy atom. The molecule has 1 heterocycles. The minimum Gasteiger partial charge on any atom is -0.491 e. The molecule has 0 aromatic heterocycles. The maximum Gasteiger partial charge on any atom is 0.407 e. The number of fused-ring (bicyclic) bond motifs is 1. The van der Waals surface area contributed by atoms with Gasteiger partial charge in [0.25, 0.3) is 0 Å². The predicted octanol–water partition coefficient (Wildman–Crippen LogP) is 6.01. The quantitative estimate of drug-likeness (QED) is 0.484. The number of Topliss-reactive ketones (excluding diaryl/α,β-unsaturated/α-hetero) is 1. The molecule has 29 heavy (non-hydrogen) atoms. The molecule has 0 radical (unpaired) electrons. The molecule has 1 aliphatic carbocycles. The summed E-state index contributed by atoms with van der Waals surface area (Å²) in [6, 6.07) is 4.07. The zero-order chi connectivity index (χ0) is 21.2. The van der Waals surface area contributed by atoms with Crippen LogP contribution in [0.2, 0.25) is 0 Å². The molecular formula is C22H29Br2NO4. The van der Waals surface area contributed by atoms with E-state index in [0.717, 1.165) is 42.1 Å². The number of nitrogens with one attached hydrogen (secondary N) is 1. The second-order valence-corrected chi connectivity index (χ2v) is 10.5. The number of benzene rings is 1. The van der Waals surface area contributed by atoms with Crippen LogP contribution in [0.3, 0.4) is 0 Å². The highest BCUT2D eigenvalue weighted by molar-refractivity contribution is 9.10. The van der Waals surface area contributed by atoms with Gasteiger partial charge in [-0.1, -0.05) is 15.9 Å². The average molecular weight is 531 g/mol. The lowest BCUT2D eigenvalue weighted by molar-refractivity contribution is 0.0484. The molecule has 2 aliphatic rings. The van der Waals surface area contributed by atoms with E-state index in [1.807, 2.05) is 32.9 Å². The molecule has 1 atom stereocenters. The SMILES string of the molecule is CC(C)(C)OC(=O)NC1CCC(C[C@H]2COc3c(Br)cc(CBr)cc3C2=O)CC1. The summed E-state index contributed by atoms with van der Waals surface area (Å²) in [5.74, 6) is 1.24. The fourth-order valence-electron chi connectivity index (χ4n) is 4.13. The van der Waals surface area contributed by atoms with E-state index in [0.29, 0.717) is 29.2 Å². The molecular weight excluding hydrogens is 502 g/mol. The molecule has 1 aliphatic heterocycles. The number of halogens is 2. The molecule has 1 saturated carbocycles. The number of carbonyl (C=O) groups is 2. The van der Waals surface area contributed by atoms with Gasteiger partial charge < -0.3 is 14.8 Å². The van der Waals surface area contributed by atoms with Crippen LogP contribution in [0.1, 0.15) is 68.8 Å². The number of rotatable bonds is 4. The molecule has 7 heteroatoms. The molecule has 1 aromatic rings. The summed E-state index contributed by atoms with van der Waals surface area (Å²) in [7, 11) is 0. The van der Waals surface area contributed by atoms with Crippen LogP contribution in [0.5, 0.6) is 5.75 Å². The molecule has 1 amide bonds. The van der Waals surface area contributed by atoms with Gasteiger partial charge in [0.1, 0.15) is 11.4 Å². The molecule has 0 bridgehead atoms. The zero-order valence-corrected chi connectivity index (χ0v) is 20.4. The van der Waals surface area contributed by atoms with E-state index in [9.17, 15) is 9.59 Å². The Balaban J connectivity index is 1.53. The van der Waals surface area contributed by atoms with Gasteiger partial charge in [0.05, 0.1) is 22.6 Å². The van der Waals surface area contributed by atoms with E-state index < -0.39 is 5.60 Å². The third-order valence-electron chi connectivity index (χ3n) is 5.51. The summed E-state index contributed by atoms with van der Waals surface area (Å²) in [5, 5.41) is 3.68. The Kier molecular flexibility index (Phi) is 7.31. The summed E-state index contributed by atoms with van der Waals surface area (Å²) in [5.41, 5.74) is 1.26. The summed E-state index contributed by atoms with van der Waals surface area (Å²) in [6.07, 6.45) is 4.34. The van der Waals surface area contributed by atoms with E-state index in [-0.39, 0.29) is 23.8 Å². The maximum atomic E-state index is 13.1. The first-order valence-corrected chi connectivity index (χ1v) is 12.1. The van der Waals surface area contributed by atoms with Gasteiger partial charge in [-0.25, -0.2) is 4.79 Å². The molecule has 160 valence electrons. The number of alkyl halides is 1. The maximum absolute atomic E-state index is 13.1. The third kappa shape index (κ3) is 5.97. The van der Waals surface area contributed by atoms with Crippen molar-refractivity contribution in [2.24, 2.45) is 11.8 Å². The van der Waals surface area contributed by atoms with E-state index in [4.69, 9.17) is 9.47 Å². The first-order valence-electron chi connectivity index (χ1n) is 10.2. The van der Waals surface area contributed by atoms with E-state index in [2.05, 4.69) is 37.2 Å². The van der Waals surface area contributed by atoms with Crippen LogP contribution < -0.4 is 10.1 Å². The molecule has 0 unspecified atom stereocenters. The molecule has 0 spiro atoms. The Morgan fingerprint density at radius 1 is 1.24 bits per heavy atom.